The van der Waals surface area contributed by atoms with Crippen molar-refractivity contribution >= 4 is 94.4 Å². The van der Waals surface area contributed by atoms with E-state index < -0.39 is 6.17 Å². The molecule has 0 aliphatic carbocycles. The minimum Gasteiger partial charge on any atom is -0.455 e. The van der Waals surface area contributed by atoms with Crippen LogP contribution in [0.2, 0.25) is 0 Å². The molecule has 0 bridgehead atoms. The molecule has 84 heavy (non-hydrogen) atoms. The van der Waals surface area contributed by atoms with Crippen LogP contribution in [0.5, 0.6) is 0 Å². The van der Waals surface area contributed by atoms with Gasteiger partial charge in [0.15, 0.2) is 5.84 Å². The molecule has 2 atom stereocenters. The van der Waals surface area contributed by atoms with E-state index in [1.165, 1.54) is 38.1 Å². The highest BCUT2D eigenvalue weighted by atomic mass is 16.3. The Morgan fingerprint density at radius 2 is 1.00 bits per heavy atom. The van der Waals surface area contributed by atoms with Crippen molar-refractivity contribution in [3.8, 4) is 44.8 Å². The van der Waals surface area contributed by atoms with Crippen molar-refractivity contribution < 1.29 is 4.42 Å². The summed E-state index contributed by atoms with van der Waals surface area (Å²) >= 11 is 0. The minimum absolute atomic E-state index is 0.238. The molecule has 2 unspecified atom stereocenters. The van der Waals surface area contributed by atoms with Gasteiger partial charge in [0.05, 0.1) is 39.5 Å². The van der Waals surface area contributed by atoms with Gasteiger partial charge < -0.3 is 24.2 Å². The van der Waals surface area contributed by atoms with Gasteiger partial charge in [0.2, 0.25) is 5.96 Å². The fourth-order valence-corrected chi connectivity index (χ4v) is 13.9. The number of nitrogens with one attached hydrogen (secondary N) is 2. The van der Waals surface area contributed by atoms with E-state index in [1.54, 1.807) is 0 Å². The van der Waals surface area contributed by atoms with Gasteiger partial charge >= 0.3 is 0 Å². The van der Waals surface area contributed by atoms with E-state index in [9.17, 15) is 0 Å². The normalized spacial score (nSPS) is 15.2. The number of nitrogens with zero attached hydrogens (tertiary/aromatic N) is 5. The lowest BCUT2D eigenvalue weighted by Crippen LogP contribution is -2.45. The highest BCUT2D eigenvalue weighted by Gasteiger charge is 2.41. The molecule has 0 radical (unpaired) electrons. The molecule has 2 N–H and O–H groups in total. The lowest BCUT2D eigenvalue weighted by molar-refractivity contribution is 0.666. The number of hydrogen-bond acceptors (Lipinski definition) is 6. The molecule has 3 aliphatic heterocycles. The third-order valence-corrected chi connectivity index (χ3v) is 17.6. The molecule has 0 saturated carbocycles. The summed E-state index contributed by atoms with van der Waals surface area (Å²) < 4.78 is 11.7. The highest BCUT2D eigenvalue weighted by molar-refractivity contribution is 6.24. The number of aromatic nitrogens is 2. The minimum atomic E-state index is -0.403. The highest BCUT2D eigenvalue weighted by Crippen LogP contribution is 2.57. The maximum absolute atomic E-state index is 6.82. The quantitative estimate of drug-likeness (QED) is 0.174. The number of amidine groups is 1. The van der Waals surface area contributed by atoms with Crippen molar-refractivity contribution in [1.29, 1.82) is 0 Å². The van der Waals surface area contributed by atoms with Crippen molar-refractivity contribution in [3.05, 3.63) is 295 Å². The summed E-state index contributed by atoms with van der Waals surface area (Å²) in [5, 5.41) is 15.1. The van der Waals surface area contributed by atoms with Gasteiger partial charge in [0.1, 0.15) is 17.3 Å². The average molecular weight is 1080 g/mol. The molecular formula is C76H49N7O. The Balaban J connectivity index is 0.843. The number of hydrogen-bond donors (Lipinski definition) is 2. The molecule has 0 spiro atoms. The second-order valence-corrected chi connectivity index (χ2v) is 22.1. The largest absolute Gasteiger partial charge is 0.455 e. The van der Waals surface area contributed by atoms with E-state index in [0.717, 1.165) is 112 Å². The Kier molecular flexibility index (Phi) is 10.0. The van der Waals surface area contributed by atoms with Gasteiger partial charge in [0, 0.05) is 77.2 Å². The standard InChI is InChI=1S/C76H49N7O/c1-4-19-47(20-5-1)74-78-75(48-21-6-2-7-22-48)80-76(79-74)83-65-43-37-49(45-61(65)70-69-66(83)44-42-55(68(69)60-28-10-14-31-62(60)77-70)59-30-18-29-58-54-27-13-17-34-67(54)84-73(58)59)46-35-38-51(39-36-46)82-64-33-16-12-26-53(64)57-41-40-56-52-25-11-15-32-63(52)81(71(56)72(57)82)50-23-8-3-9-24-50/h1-45,70,74,77H,(H,78,79,80). The molecule has 8 nitrogen and oxygen atoms in total. The molecule has 0 saturated heterocycles. The van der Waals surface area contributed by atoms with Gasteiger partial charge in [-0.05, 0) is 94.5 Å². The summed E-state index contributed by atoms with van der Waals surface area (Å²) in [5.41, 5.74) is 22.7. The third kappa shape index (κ3) is 6.88. The molecule has 3 aromatic heterocycles. The van der Waals surface area contributed by atoms with E-state index in [4.69, 9.17) is 14.4 Å². The first-order valence-corrected chi connectivity index (χ1v) is 28.7. The molecule has 6 heterocycles. The third-order valence-electron chi connectivity index (χ3n) is 17.6. The first-order chi connectivity index (χ1) is 41.7. The van der Waals surface area contributed by atoms with Gasteiger partial charge in [-0.2, -0.15) is 4.99 Å². The Morgan fingerprint density at radius 3 is 1.75 bits per heavy atom. The summed E-state index contributed by atoms with van der Waals surface area (Å²) in [5.74, 6) is 1.35. The smallest absolute Gasteiger partial charge is 0.211 e. The summed E-state index contributed by atoms with van der Waals surface area (Å²) in [6.45, 7) is 0. The monoisotopic (exact) mass is 1080 g/mol. The van der Waals surface area contributed by atoms with Gasteiger partial charge in [-0.3, -0.25) is 4.90 Å². The Morgan fingerprint density at radius 1 is 0.405 bits per heavy atom. The summed E-state index contributed by atoms with van der Waals surface area (Å²) in [6.07, 6.45) is -0.403. The Bertz CT molecular complexity index is 5270. The van der Waals surface area contributed by atoms with Crippen molar-refractivity contribution in [2.24, 2.45) is 9.98 Å². The number of aliphatic imine (C=N–C) groups is 2. The van der Waals surface area contributed by atoms with Crippen LogP contribution >= 0.6 is 0 Å². The number of guanidine groups is 1. The van der Waals surface area contributed by atoms with Crippen LogP contribution in [0.3, 0.4) is 0 Å². The summed E-state index contributed by atoms with van der Waals surface area (Å²) in [7, 11) is 0. The zero-order valence-electron chi connectivity index (χ0n) is 45.3. The number of fused-ring (bicyclic) bond motifs is 14. The molecule has 15 aromatic rings. The van der Waals surface area contributed by atoms with Gasteiger partial charge in [0.25, 0.3) is 0 Å². The van der Waals surface area contributed by atoms with E-state index in [0.29, 0.717) is 11.8 Å². The predicted molar refractivity (Wildman–Crippen MR) is 345 cm³/mol. The fourth-order valence-electron chi connectivity index (χ4n) is 13.9. The van der Waals surface area contributed by atoms with Crippen LogP contribution in [0, 0.1) is 0 Å². The summed E-state index contributed by atoms with van der Waals surface area (Å²) in [4.78, 5) is 13.1. The number of rotatable bonds is 6. The lowest BCUT2D eigenvalue weighted by Gasteiger charge is -2.43. The lowest BCUT2D eigenvalue weighted by atomic mass is 9.78. The van der Waals surface area contributed by atoms with Crippen molar-refractivity contribution in [3.63, 3.8) is 0 Å². The molecule has 8 heteroatoms. The van der Waals surface area contributed by atoms with Crippen LogP contribution in [0.1, 0.15) is 34.5 Å². The molecule has 12 aromatic carbocycles. The van der Waals surface area contributed by atoms with Crippen molar-refractivity contribution in [2.75, 3.05) is 10.2 Å². The average Bonchev–Trinajstić information content (AvgIpc) is 1.35. The van der Waals surface area contributed by atoms with Crippen LogP contribution in [-0.2, 0) is 0 Å². The van der Waals surface area contributed by atoms with Gasteiger partial charge in [-0.15, -0.1) is 0 Å². The number of benzene rings is 12. The van der Waals surface area contributed by atoms with Crippen LogP contribution in [0.4, 0.5) is 17.1 Å². The number of para-hydroxylation sites is 6. The van der Waals surface area contributed by atoms with Gasteiger partial charge in [-0.25, -0.2) is 4.99 Å². The Hall–Kier alpha value is -11.2. The number of anilines is 3. The first-order valence-electron chi connectivity index (χ1n) is 28.7. The van der Waals surface area contributed by atoms with Crippen LogP contribution in [0.15, 0.2) is 287 Å². The van der Waals surface area contributed by atoms with Crippen molar-refractivity contribution in [2.45, 2.75) is 12.2 Å². The molecule has 0 fully saturated rings. The van der Waals surface area contributed by atoms with Gasteiger partial charge in [-0.1, -0.05) is 206 Å². The molecular weight excluding hydrogens is 1030 g/mol. The number of furan rings is 1. The second-order valence-electron chi connectivity index (χ2n) is 22.1. The second kappa shape index (κ2) is 18.1. The fraction of sp³-hybridized carbons (Fsp3) is 0.0263. The predicted octanol–water partition coefficient (Wildman–Crippen LogP) is 18.9. The Labute approximate surface area is 483 Å². The van der Waals surface area contributed by atoms with Crippen LogP contribution < -0.4 is 15.5 Å². The molecule has 3 aliphatic rings. The molecule has 18 rings (SSSR count). The molecule has 0 amide bonds. The van der Waals surface area contributed by atoms with Crippen molar-refractivity contribution in [1.82, 2.24) is 14.5 Å². The van der Waals surface area contributed by atoms with E-state index >= 15 is 0 Å². The maximum Gasteiger partial charge on any atom is 0.211 e. The van der Waals surface area contributed by atoms with E-state index in [1.807, 2.05) is 18.2 Å². The topological polar surface area (TPSA) is 75.0 Å². The van der Waals surface area contributed by atoms with E-state index in [2.05, 4.69) is 279 Å². The van der Waals surface area contributed by atoms with E-state index in [-0.39, 0.29) is 6.04 Å². The zero-order valence-corrected chi connectivity index (χ0v) is 45.3. The van der Waals surface area contributed by atoms with Crippen LogP contribution in [0.25, 0.3) is 110 Å². The van der Waals surface area contributed by atoms with Crippen LogP contribution in [-0.4, -0.2) is 20.9 Å². The summed E-state index contributed by atoms with van der Waals surface area (Å²) in [6, 6.07) is 97.9. The SMILES string of the molecule is c1ccc(C2=NC(c3ccccc3)NC(N3c4ccc(-c5ccc(-n6c7ccccc7c7ccc8c9ccccc9n(-c9ccccc9)c8c76)cc5)cc4C4Nc5ccccc5-c5c(-c6cccc7c6oc6ccccc67)ccc3c54)=N2)cc1. The molecule has 394 valence electrons. The maximum atomic E-state index is 6.82. The first kappa shape index (κ1) is 46.5. The zero-order chi connectivity index (χ0) is 55.0.